The largest absolute Gasteiger partial charge is 0.467 e. The molecule has 110 valence electrons. The van der Waals surface area contributed by atoms with E-state index in [1.54, 1.807) is 0 Å². The van der Waals surface area contributed by atoms with Crippen molar-refractivity contribution in [1.29, 1.82) is 0 Å². The van der Waals surface area contributed by atoms with Crippen molar-refractivity contribution in [1.82, 2.24) is 0 Å². The van der Waals surface area contributed by atoms with E-state index < -0.39 is 6.04 Å². The maximum absolute atomic E-state index is 12.0. The Morgan fingerprint density at radius 3 is 2.19 bits per heavy atom. The summed E-state index contributed by atoms with van der Waals surface area (Å²) in [5.74, 6) is 0.124. The standard InChI is InChI=1S/C17H19NO2S/c1-20-17(19)16(13-21)18(15-10-6-3-7-11-15)12-14-8-4-2-5-9-14/h2-11,16,21H,12-13H2,1H3/t16-/m0/s1. The fraction of sp³-hybridized carbons (Fsp3) is 0.235. The van der Waals surface area contributed by atoms with Crippen molar-refractivity contribution < 1.29 is 9.53 Å². The van der Waals surface area contributed by atoms with E-state index in [2.05, 4.69) is 12.6 Å². The molecule has 0 aliphatic heterocycles. The highest BCUT2D eigenvalue weighted by Gasteiger charge is 2.25. The highest BCUT2D eigenvalue weighted by molar-refractivity contribution is 7.80. The lowest BCUT2D eigenvalue weighted by Crippen LogP contribution is -2.43. The summed E-state index contributed by atoms with van der Waals surface area (Å²) in [6.07, 6.45) is 0. The summed E-state index contributed by atoms with van der Waals surface area (Å²) in [6, 6.07) is 19.5. The zero-order valence-electron chi connectivity index (χ0n) is 12.0. The van der Waals surface area contributed by atoms with Crippen LogP contribution in [0.3, 0.4) is 0 Å². The molecule has 0 spiro atoms. The lowest BCUT2D eigenvalue weighted by Gasteiger charge is -2.31. The first-order valence-corrected chi connectivity index (χ1v) is 7.44. The molecule has 0 amide bonds. The summed E-state index contributed by atoms with van der Waals surface area (Å²) in [5, 5.41) is 0. The van der Waals surface area contributed by atoms with Crippen LogP contribution in [0.5, 0.6) is 0 Å². The minimum atomic E-state index is -0.416. The van der Waals surface area contributed by atoms with Crippen molar-refractivity contribution in [3.63, 3.8) is 0 Å². The molecule has 2 rings (SSSR count). The van der Waals surface area contributed by atoms with Crippen LogP contribution in [0, 0.1) is 0 Å². The Balaban J connectivity index is 2.32. The summed E-state index contributed by atoms with van der Waals surface area (Å²) >= 11 is 4.32. The number of methoxy groups -OCH3 is 1. The van der Waals surface area contributed by atoms with E-state index in [-0.39, 0.29) is 5.97 Å². The molecule has 0 aliphatic carbocycles. The van der Waals surface area contributed by atoms with Gasteiger partial charge in [-0.25, -0.2) is 4.79 Å². The quantitative estimate of drug-likeness (QED) is 0.656. The first kappa shape index (κ1) is 15.4. The van der Waals surface area contributed by atoms with Gasteiger partial charge in [0.25, 0.3) is 0 Å². The van der Waals surface area contributed by atoms with E-state index >= 15 is 0 Å². The minimum Gasteiger partial charge on any atom is -0.467 e. The van der Waals surface area contributed by atoms with Crippen molar-refractivity contribution in [3.05, 3.63) is 66.2 Å². The van der Waals surface area contributed by atoms with Gasteiger partial charge in [-0.2, -0.15) is 12.6 Å². The fourth-order valence-corrected chi connectivity index (χ4v) is 2.56. The maximum atomic E-state index is 12.0. The number of ether oxygens (including phenoxy) is 1. The zero-order valence-corrected chi connectivity index (χ0v) is 12.9. The molecule has 0 N–H and O–H groups in total. The van der Waals surface area contributed by atoms with Crippen LogP contribution < -0.4 is 4.90 Å². The lowest BCUT2D eigenvalue weighted by atomic mass is 10.1. The van der Waals surface area contributed by atoms with Gasteiger partial charge in [0.05, 0.1) is 7.11 Å². The molecule has 3 nitrogen and oxygen atoms in total. The van der Waals surface area contributed by atoms with Gasteiger partial charge in [0, 0.05) is 18.0 Å². The van der Waals surface area contributed by atoms with E-state index in [0.29, 0.717) is 12.3 Å². The van der Waals surface area contributed by atoms with Crippen LogP contribution in [0.2, 0.25) is 0 Å². The van der Waals surface area contributed by atoms with Gasteiger partial charge in [0.1, 0.15) is 6.04 Å². The Morgan fingerprint density at radius 2 is 1.67 bits per heavy atom. The van der Waals surface area contributed by atoms with Crippen LogP contribution in [-0.2, 0) is 16.1 Å². The topological polar surface area (TPSA) is 29.5 Å². The average Bonchev–Trinajstić information content (AvgIpc) is 2.56. The van der Waals surface area contributed by atoms with Crippen molar-refractivity contribution in [2.24, 2.45) is 0 Å². The van der Waals surface area contributed by atoms with E-state index in [0.717, 1.165) is 11.3 Å². The van der Waals surface area contributed by atoms with Gasteiger partial charge in [-0.3, -0.25) is 0 Å². The lowest BCUT2D eigenvalue weighted by molar-refractivity contribution is -0.141. The Bertz CT molecular complexity index is 560. The molecule has 0 saturated heterocycles. The van der Waals surface area contributed by atoms with Crippen molar-refractivity contribution in [3.8, 4) is 0 Å². The predicted molar refractivity (Wildman–Crippen MR) is 88.7 cm³/mol. The van der Waals surface area contributed by atoms with Gasteiger partial charge >= 0.3 is 5.97 Å². The van der Waals surface area contributed by atoms with E-state index in [1.165, 1.54) is 7.11 Å². The normalized spacial score (nSPS) is 11.7. The third-order valence-corrected chi connectivity index (χ3v) is 3.65. The van der Waals surface area contributed by atoms with Gasteiger partial charge in [0.15, 0.2) is 0 Å². The second kappa shape index (κ2) is 7.74. The number of thiol groups is 1. The van der Waals surface area contributed by atoms with E-state index in [4.69, 9.17) is 4.74 Å². The number of anilines is 1. The first-order chi connectivity index (χ1) is 10.3. The van der Waals surface area contributed by atoms with Gasteiger partial charge in [-0.15, -0.1) is 0 Å². The number of rotatable bonds is 6. The Labute approximate surface area is 131 Å². The molecule has 0 fully saturated rings. The van der Waals surface area contributed by atoms with E-state index in [1.807, 2.05) is 65.6 Å². The van der Waals surface area contributed by atoms with Crippen LogP contribution in [0.4, 0.5) is 5.69 Å². The predicted octanol–water partition coefficient (Wildman–Crippen LogP) is 3.16. The van der Waals surface area contributed by atoms with Crippen LogP contribution >= 0.6 is 12.6 Å². The Kier molecular flexibility index (Phi) is 5.69. The second-order valence-electron chi connectivity index (χ2n) is 4.67. The van der Waals surface area contributed by atoms with Crippen LogP contribution in [0.25, 0.3) is 0 Å². The van der Waals surface area contributed by atoms with Gasteiger partial charge in [0.2, 0.25) is 0 Å². The molecular weight excluding hydrogens is 282 g/mol. The second-order valence-corrected chi connectivity index (χ2v) is 5.04. The minimum absolute atomic E-state index is 0.273. The number of nitrogens with zero attached hydrogens (tertiary/aromatic N) is 1. The van der Waals surface area contributed by atoms with Crippen LogP contribution in [-0.4, -0.2) is 24.9 Å². The summed E-state index contributed by atoms with van der Waals surface area (Å²) in [6.45, 7) is 0.630. The molecule has 2 aromatic carbocycles. The van der Waals surface area contributed by atoms with Crippen molar-refractivity contribution >= 4 is 24.3 Å². The molecular formula is C17H19NO2S. The van der Waals surface area contributed by atoms with Crippen molar-refractivity contribution in [2.75, 3.05) is 17.8 Å². The average molecular weight is 301 g/mol. The third-order valence-electron chi connectivity index (χ3n) is 3.31. The highest BCUT2D eigenvalue weighted by Crippen LogP contribution is 2.21. The molecule has 0 unspecified atom stereocenters. The fourth-order valence-electron chi connectivity index (χ4n) is 2.22. The first-order valence-electron chi connectivity index (χ1n) is 6.80. The summed E-state index contributed by atoms with van der Waals surface area (Å²) in [7, 11) is 1.41. The third kappa shape index (κ3) is 4.02. The molecule has 2 aromatic rings. The summed E-state index contributed by atoms with van der Waals surface area (Å²) in [5.41, 5.74) is 2.11. The molecule has 21 heavy (non-hydrogen) atoms. The van der Waals surface area contributed by atoms with E-state index in [9.17, 15) is 4.79 Å². The molecule has 0 aliphatic rings. The molecule has 0 radical (unpaired) electrons. The number of hydrogen-bond donors (Lipinski definition) is 1. The van der Waals surface area contributed by atoms with Crippen LogP contribution in [0.15, 0.2) is 60.7 Å². The molecule has 0 aromatic heterocycles. The highest BCUT2D eigenvalue weighted by atomic mass is 32.1. The monoisotopic (exact) mass is 301 g/mol. The van der Waals surface area contributed by atoms with Gasteiger partial charge in [-0.1, -0.05) is 48.5 Å². The molecule has 0 heterocycles. The zero-order chi connectivity index (χ0) is 15.1. The van der Waals surface area contributed by atoms with Crippen molar-refractivity contribution in [2.45, 2.75) is 12.6 Å². The smallest absolute Gasteiger partial charge is 0.329 e. The number of hydrogen-bond acceptors (Lipinski definition) is 4. The van der Waals surface area contributed by atoms with Crippen LogP contribution in [0.1, 0.15) is 5.56 Å². The molecule has 4 heteroatoms. The number of carbonyl (C=O) groups is 1. The maximum Gasteiger partial charge on any atom is 0.329 e. The Morgan fingerprint density at radius 1 is 1.10 bits per heavy atom. The number of esters is 1. The summed E-state index contributed by atoms with van der Waals surface area (Å²) in [4.78, 5) is 14.1. The molecule has 1 atom stereocenters. The number of carbonyl (C=O) groups excluding carboxylic acids is 1. The SMILES string of the molecule is COC(=O)[C@H](CS)N(Cc1ccccc1)c1ccccc1. The van der Waals surface area contributed by atoms with Gasteiger partial charge in [-0.05, 0) is 17.7 Å². The number of para-hydroxylation sites is 1. The summed E-state index contributed by atoms with van der Waals surface area (Å²) < 4.78 is 4.91. The number of benzene rings is 2. The molecule has 0 saturated carbocycles. The molecule has 0 bridgehead atoms. The Hall–Kier alpha value is -1.94. The van der Waals surface area contributed by atoms with Gasteiger partial charge < -0.3 is 9.64 Å².